The van der Waals surface area contributed by atoms with Crippen LogP contribution in [0.4, 0.5) is 0 Å². The average molecular weight is 1100 g/mol. The highest BCUT2D eigenvalue weighted by molar-refractivity contribution is 6.31. The molecule has 12 aromatic carbocycles. The Labute approximate surface area is 494 Å². The molecule has 0 amide bonds. The minimum absolute atomic E-state index is 0.156. The zero-order valence-corrected chi connectivity index (χ0v) is 48.6. The van der Waals surface area contributed by atoms with Crippen molar-refractivity contribution in [1.82, 2.24) is 27.9 Å². The Morgan fingerprint density at radius 2 is 0.628 bits per heavy atom. The molecule has 19 rings (SSSR count). The van der Waals surface area contributed by atoms with Gasteiger partial charge in [0.25, 0.3) is 0 Å². The largest absolute Gasteiger partial charge is 0.309 e. The van der Waals surface area contributed by atoms with Gasteiger partial charge in [-0.2, -0.15) is 0 Å². The lowest BCUT2D eigenvalue weighted by Gasteiger charge is -2.19. The molecule has 6 nitrogen and oxygen atoms in total. The van der Waals surface area contributed by atoms with E-state index in [1.807, 2.05) is 0 Å². The van der Waals surface area contributed by atoms with Crippen LogP contribution in [-0.4, -0.2) is 27.9 Å². The van der Waals surface area contributed by atoms with E-state index in [2.05, 4.69) is 290 Å². The summed E-state index contributed by atoms with van der Waals surface area (Å²) in [5.41, 5.74) is 22.2. The van der Waals surface area contributed by atoms with Crippen LogP contribution in [0.15, 0.2) is 231 Å². The SMILES string of the molecule is CC(C)(C)c1cc2c3cc4ccccc4c(-c4ccc5c(c4)c4ccccc4n5-c4ccccc4)c3n3c4nc5c6cc(C(C)(C)C)cc7c8cc9ccccc9c(-c9ccc%10c(c9)c9ccccc9n%10-c9ccccc9)c8n(c5nc4c(c1)c23)c76. The molecule has 0 aliphatic heterocycles. The normalized spacial score (nSPS) is 13.0. The number of para-hydroxylation sites is 4. The third-order valence-electron chi connectivity index (χ3n) is 19.2. The van der Waals surface area contributed by atoms with Gasteiger partial charge in [-0.25, -0.2) is 9.97 Å². The molecule has 0 saturated carbocycles. The summed E-state index contributed by atoms with van der Waals surface area (Å²) in [6.07, 6.45) is 0. The number of benzene rings is 12. The fourth-order valence-corrected chi connectivity index (χ4v) is 15.2. The minimum Gasteiger partial charge on any atom is -0.309 e. The Kier molecular flexibility index (Phi) is 9.25. The minimum atomic E-state index is -0.156. The van der Waals surface area contributed by atoms with Gasteiger partial charge in [0.1, 0.15) is 11.0 Å². The molecule has 0 radical (unpaired) electrons. The second-order valence-corrected chi connectivity index (χ2v) is 26.2. The van der Waals surface area contributed by atoms with Crippen LogP contribution in [0.2, 0.25) is 0 Å². The van der Waals surface area contributed by atoms with Gasteiger partial charge >= 0.3 is 0 Å². The maximum Gasteiger partial charge on any atom is 0.165 e. The average Bonchev–Trinajstić information content (AvgIpc) is 1.52. The van der Waals surface area contributed by atoms with Crippen molar-refractivity contribution in [2.45, 2.75) is 52.4 Å². The molecule has 0 unspecified atom stereocenters. The van der Waals surface area contributed by atoms with Crippen molar-refractivity contribution in [2.75, 3.05) is 0 Å². The highest BCUT2D eigenvalue weighted by Gasteiger charge is 2.31. The van der Waals surface area contributed by atoms with Crippen molar-refractivity contribution < 1.29 is 0 Å². The smallest absolute Gasteiger partial charge is 0.165 e. The summed E-state index contributed by atoms with van der Waals surface area (Å²) in [5.74, 6) is 0. The quantitative estimate of drug-likeness (QED) is 0.176. The lowest BCUT2D eigenvalue weighted by atomic mass is 9.85. The molecular formula is C80H56N6. The molecule has 6 heteroatoms. The first-order valence-corrected chi connectivity index (χ1v) is 30.1. The van der Waals surface area contributed by atoms with Gasteiger partial charge in [0.2, 0.25) is 0 Å². The van der Waals surface area contributed by atoms with Crippen molar-refractivity contribution in [3.05, 3.63) is 242 Å². The van der Waals surface area contributed by atoms with Gasteiger partial charge < -0.3 is 9.13 Å². The Bertz CT molecular complexity index is 5760. The summed E-state index contributed by atoms with van der Waals surface area (Å²) in [7, 11) is 0. The molecule has 0 N–H and O–H groups in total. The van der Waals surface area contributed by atoms with Crippen molar-refractivity contribution >= 4 is 142 Å². The monoisotopic (exact) mass is 1100 g/mol. The molecule has 0 aliphatic rings. The first kappa shape index (κ1) is 47.9. The number of hydrogen-bond acceptors (Lipinski definition) is 2. The van der Waals surface area contributed by atoms with Crippen molar-refractivity contribution in [2.24, 2.45) is 0 Å². The first-order valence-electron chi connectivity index (χ1n) is 30.1. The predicted molar refractivity (Wildman–Crippen MR) is 363 cm³/mol. The number of aromatic nitrogens is 6. The fraction of sp³-hybridized carbons (Fsp3) is 0.100. The maximum absolute atomic E-state index is 6.12. The number of hydrogen-bond donors (Lipinski definition) is 0. The van der Waals surface area contributed by atoms with Gasteiger partial charge in [-0.05, 0) is 152 Å². The summed E-state index contributed by atoms with van der Waals surface area (Å²) < 4.78 is 9.83. The van der Waals surface area contributed by atoms with E-state index in [4.69, 9.17) is 9.97 Å². The molecule has 0 bridgehead atoms. The molecular weight excluding hydrogens is 1040 g/mol. The summed E-state index contributed by atoms with van der Waals surface area (Å²) >= 11 is 0. The van der Waals surface area contributed by atoms with Crippen LogP contribution in [0.1, 0.15) is 52.7 Å². The van der Waals surface area contributed by atoms with Crippen LogP contribution in [0, 0.1) is 0 Å². The van der Waals surface area contributed by atoms with Gasteiger partial charge in [0, 0.05) is 76.4 Å². The molecule has 0 saturated heterocycles. The lowest BCUT2D eigenvalue weighted by Crippen LogP contribution is -2.10. The zero-order valence-electron chi connectivity index (χ0n) is 48.6. The van der Waals surface area contributed by atoms with E-state index in [1.54, 1.807) is 0 Å². The van der Waals surface area contributed by atoms with E-state index in [0.717, 1.165) is 66.5 Å². The highest BCUT2D eigenvalue weighted by Crippen LogP contribution is 2.51. The van der Waals surface area contributed by atoms with Crippen molar-refractivity contribution in [3.63, 3.8) is 0 Å². The summed E-state index contributed by atoms with van der Waals surface area (Å²) in [6.45, 7) is 14.0. The van der Waals surface area contributed by atoms with Crippen LogP contribution in [0.25, 0.3) is 175 Å². The van der Waals surface area contributed by atoms with Crippen LogP contribution < -0.4 is 0 Å². The van der Waals surface area contributed by atoms with Crippen molar-refractivity contribution in [3.8, 4) is 33.6 Å². The number of fused-ring (bicyclic) bond motifs is 20. The van der Waals surface area contributed by atoms with Crippen LogP contribution in [-0.2, 0) is 10.8 Å². The fourth-order valence-electron chi connectivity index (χ4n) is 15.2. The summed E-state index contributed by atoms with van der Waals surface area (Å²) in [6, 6.07) is 86.1. The maximum atomic E-state index is 6.12. The molecule has 19 aromatic rings. The first-order chi connectivity index (χ1) is 41.9. The van der Waals surface area contributed by atoms with E-state index < -0.39 is 0 Å². The van der Waals surface area contributed by atoms with Crippen LogP contribution >= 0.6 is 0 Å². The highest BCUT2D eigenvalue weighted by atomic mass is 15.1. The number of rotatable bonds is 4. The van der Waals surface area contributed by atoms with Gasteiger partial charge in [-0.1, -0.05) is 175 Å². The van der Waals surface area contributed by atoms with Gasteiger partial charge in [0.15, 0.2) is 11.3 Å². The predicted octanol–water partition coefficient (Wildman–Crippen LogP) is 21.2. The summed E-state index contributed by atoms with van der Waals surface area (Å²) in [4.78, 5) is 12.2. The molecule has 7 heterocycles. The molecule has 0 fully saturated rings. The van der Waals surface area contributed by atoms with E-state index in [9.17, 15) is 0 Å². The second-order valence-electron chi connectivity index (χ2n) is 26.2. The molecule has 0 spiro atoms. The Hall–Kier alpha value is -10.6. The van der Waals surface area contributed by atoms with E-state index in [-0.39, 0.29) is 10.8 Å². The van der Waals surface area contributed by atoms with Gasteiger partial charge in [-0.15, -0.1) is 0 Å². The molecule has 0 atom stereocenters. The van der Waals surface area contributed by atoms with E-state index >= 15 is 0 Å². The third kappa shape index (κ3) is 6.29. The Morgan fingerprint density at radius 3 is 1.05 bits per heavy atom. The second kappa shape index (κ2) is 16.6. The Balaban J connectivity index is 0.966. The Morgan fingerprint density at radius 1 is 0.279 bits per heavy atom. The number of nitrogens with zero attached hydrogens (tertiary/aromatic N) is 6. The van der Waals surface area contributed by atoms with Gasteiger partial charge in [-0.3, -0.25) is 8.80 Å². The summed E-state index contributed by atoms with van der Waals surface area (Å²) in [5, 5.41) is 16.8. The standard InChI is InChI=1S/C80H56N6/c1-79(2,3)49-41-61-59-37-45-21-13-15-27-53(45)69(47-33-35-67-57(39-47)55-29-17-19-31-65(55)83(67)51-23-9-7-10-24-51)75(59)85-73(61)63(43-49)71-77(85)82-72-64-44-50(80(4,5)6)42-62-60-38-46-22-14-16-28-54(46)70(76(60)86(74(62)64)78(72)81-71)48-34-36-68-58(40-48)56-30-18-20-32-66(56)84(68)52-25-11-8-12-26-52/h7-44H,1-6H3. The molecule has 86 heavy (non-hydrogen) atoms. The third-order valence-corrected chi connectivity index (χ3v) is 19.2. The molecule has 7 aromatic heterocycles. The zero-order chi connectivity index (χ0) is 57.2. The van der Waals surface area contributed by atoms with Gasteiger partial charge in [0.05, 0.1) is 44.1 Å². The molecule has 0 aliphatic carbocycles. The lowest BCUT2D eigenvalue weighted by molar-refractivity contribution is 0.591. The van der Waals surface area contributed by atoms with Crippen LogP contribution in [0.5, 0.6) is 0 Å². The topological polar surface area (TPSA) is 44.5 Å². The van der Waals surface area contributed by atoms with Crippen molar-refractivity contribution in [1.29, 1.82) is 0 Å². The van der Waals surface area contributed by atoms with Crippen LogP contribution in [0.3, 0.4) is 0 Å². The van der Waals surface area contributed by atoms with E-state index in [1.165, 1.54) is 120 Å². The molecule has 406 valence electrons. The van der Waals surface area contributed by atoms with E-state index in [0.29, 0.717) is 0 Å².